The first-order valence-electron chi connectivity index (χ1n) is 7.75. The molecule has 0 aliphatic carbocycles. The summed E-state index contributed by atoms with van der Waals surface area (Å²) in [4.78, 5) is 11.7. The zero-order valence-corrected chi connectivity index (χ0v) is 13.9. The van der Waals surface area contributed by atoms with Crippen molar-refractivity contribution in [2.75, 3.05) is 6.54 Å². The molecule has 0 saturated carbocycles. The maximum absolute atomic E-state index is 13.6. The number of ether oxygens (including phenoxy) is 1. The Labute approximate surface area is 132 Å². The average molecular weight is 310 g/mol. The van der Waals surface area contributed by atoms with Crippen LogP contribution in [0.4, 0.5) is 9.18 Å². The molecule has 22 heavy (non-hydrogen) atoms. The number of benzene rings is 1. The molecule has 1 aromatic rings. The molecular weight excluding hydrogens is 283 g/mol. The van der Waals surface area contributed by atoms with Gasteiger partial charge >= 0.3 is 6.09 Å². The summed E-state index contributed by atoms with van der Waals surface area (Å²) in [6.07, 6.45) is 1.44. The molecule has 0 aliphatic rings. The third-order valence-electron chi connectivity index (χ3n) is 3.07. The molecule has 0 fully saturated rings. The lowest BCUT2D eigenvalue weighted by Gasteiger charge is -2.22. The molecule has 0 radical (unpaired) electrons. The maximum atomic E-state index is 13.6. The van der Waals surface area contributed by atoms with Crippen molar-refractivity contribution in [2.45, 2.75) is 58.7 Å². The van der Waals surface area contributed by atoms with Gasteiger partial charge in [-0.2, -0.15) is 0 Å². The van der Waals surface area contributed by atoms with Gasteiger partial charge in [-0.3, -0.25) is 0 Å². The van der Waals surface area contributed by atoms with Crippen LogP contribution in [0.5, 0.6) is 0 Å². The fraction of sp³-hybridized carbons (Fsp3) is 0.588. The minimum absolute atomic E-state index is 0.0807. The average Bonchev–Trinajstić information content (AvgIpc) is 2.41. The highest BCUT2D eigenvalue weighted by molar-refractivity contribution is 5.67. The summed E-state index contributed by atoms with van der Waals surface area (Å²) in [7, 11) is 0. The lowest BCUT2D eigenvalue weighted by molar-refractivity contribution is 0.0521. The number of hydrogen-bond donors (Lipinski definition) is 2. The normalized spacial score (nSPS) is 12.8. The number of rotatable bonds is 7. The molecule has 4 nitrogen and oxygen atoms in total. The third-order valence-corrected chi connectivity index (χ3v) is 3.07. The van der Waals surface area contributed by atoms with E-state index in [1.807, 2.05) is 26.8 Å². The Morgan fingerprint density at radius 1 is 1.32 bits per heavy atom. The molecule has 124 valence electrons. The van der Waals surface area contributed by atoms with E-state index in [4.69, 9.17) is 4.74 Å². The molecular formula is C17H27FN2O2. The van der Waals surface area contributed by atoms with Crippen LogP contribution in [0.3, 0.4) is 0 Å². The van der Waals surface area contributed by atoms with Gasteiger partial charge in [-0.05, 0) is 33.3 Å². The molecule has 0 aromatic heterocycles. The van der Waals surface area contributed by atoms with Crippen LogP contribution in [-0.2, 0) is 11.3 Å². The Morgan fingerprint density at radius 3 is 2.59 bits per heavy atom. The Balaban J connectivity index is 2.45. The van der Waals surface area contributed by atoms with E-state index in [0.29, 0.717) is 18.7 Å². The van der Waals surface area contributed by atoms with Crippen molar-refractivity contribution >= 4 is 6.09 Å². The van der Waals surface area contributed by atoms with Gasteiger partial charge < -0.3 is 15.4 Å². The number of carbonyl (C=O) groups excluding carboxylic acids is 1. The molecule has 0 aliphatic heterocycles. The number of alkyl carbamates (subject to hydrolysis) is 1. The second-order valence-electron chi connectivity index (χ2n) is 6.34. The molecule has 1 aromatic carbocycles. The fourth-order valence-corrected chi connectivity index (χ4v) is 2.04. The Morgan fingerprint density at radius 2 is 2.00 bits per heavy atom. The van der Waals surface area contributed by atoms with E-state index in [9.17, 15) is 9.18 Å². The van der Waals surface area contributed by atoms with Crippen LogP contribution in [-0.4, -0.2) is 24.3 Å². The van der Waals surface area contributed by atoms with Crippen LogP contribution in [0.1, 0.15) is 46.1 Å². The van der Waals surface area contributed by atoms with E-state index < -0.39 is 11.7 Å². The first kappa shape index (κ1) is 18.4. The highest BCUT2D eigenvalue weighted by atomic mass is 19.1. The number of hydrogen-bond acceptors (Lipinski definition) is 3. The fourth-order valence-electron chi connectivity index (χ4n) is 2.04. The van der Waals surface area contributed by atoms with Crippen molar-refractivity contribution in [3.8, 4) is 0 Å². The quantitative estimate of drug-likeness (QED) is 0.809. The van der Waals surface area contributed by atoms with Gasteiger partial charge in [0.2, 0.25) is 0 Å². The third kappa shape index (κ3) is 7.41. The molecule has 1 unspecified atom stereocenters. The highest BCUT2D eigenvalue weighted by Gasteiger charge is 2.17. The van der Waals surface area contributed by atoms with Crippen LogP contribution < -0.4 is 10.6 Å². The topological polar surface area (TPSA) is 50.4 Å². The summed E-state index contributed by atoms with van der Waals surface area (Å²) < 4.78 is 18.8. The number of halogens is 1. The summed E-state index contributed by atoms with van der Waals surface area (Å²) in [5.41, 5.74) is 0.117. The largest absolute Gasteiger partial charge is 0.444 e. The van der Waals surface area contributed by atoms with Gasteiger partial charge in [0.1, 0.15) is 11.4 Å². The smallest absolute Gasteiger partial charge is 0.407 e. The summed E-state index contributed by atoms with van der Waals surface area (Å²) in [5.74, 6) is -0.217. The lowest BCUT2D eigenvalue weighted by Crippen LogP contribution is -2.42. The lowest BCUT2D eigenvalue weighted by atomic mass is 10.1. The van der Waals surface area contributed by atoms with E-state index in [-0.39, 0.29) is 11.9 Å². The van der Waals surface area contributed by atoms with Gasteiger partial charge in [0, 0.05) is 24.7 Å². The zero-order chi connectivity index (χ0) is 16.6. The van der Waals surface area contributed by atoms with Gasteiger partial charge in [-0.25, -0.2) is 9.18 Å². The predicted octanol–water partition coefficient (Wildman–Crippen LogP) is 3.61. The van der Waals surface area contributed by atoms with E-state index in [0.717, 1.165) is 12.8 Å². The van der Waals surface area contributed by atoms with Crippen LogP contribution in [0.25, 0.3) is 0 Å². The van der Waals surface area contributed by atoms with Crippen molar-refractivity contribution in [3.63, 3.8) is 0 Å². The van der Waals surface area contributed by atoms with Crippen LogP contribution in [0, 0.1) is 5.82 Å². The molecule has 1 amide bonds. The van der Waals surface area contributed by atoms with Crippen LogP contribution in [0.15, 0.2) is 24.3 Å². The first-order chi connectivity index (χ1) is 10.3. The number of nitrogens with one attached hydrogen (secondary N) is 2. The monoisotopic (exact) mass is 310 g/mol. The van der Waals surface area contributed by atoms with Crippen molar-refractivity contribution in [2.24, 2.45) is 0 Å². The summed E-state index contributed by atoms with van der Waals surface area (Å²) in [6, 6.07) is 6.77. The van der Waals surface area contributed by atoms with Gasteiger partial charge in [-0.15, -0.1) is 0 Å². The van der Waals surface area contributed by atoms with E-state index >= 15 is 0 Å². The van der Waals surface area contributed by atoms with E-state index in [2.05, 4.69) is 17.6 Å². The van der Waals surface area contributed by atoms with Crippen LogP contribution in [0.2, 0.25) is 0 Å². The molecule has 1 rings (SSSR count). The predicted molar refractivity (Wildman–Crippen MR) is 86.2 cm³/mol. The van der Waals surface area contributed by atoms with Gasteiger partial charge in [0.25, 0.3) is 0 Å². The standard InChI is InChI=1S/C17H27FN2O2/c1-5-8-14(12-20-16(21)22-17(2,3)4)19-11-13-9-6-7-10-15(13)18/h6-7,9-10,14,19H,5,8,11-12H2,1-4H3,(H,20,21). The van der Waals surface area contributed by atoms with Gasteiger partial charge in [0.15, 0.2) is 0 Å². The second-order valence-corrected chi connectivity index (χ2v) is 6.34. The molecule has 2 N–H and O–H groups in total. The van der Waals surface area contributed by atoms with Crippen molar-refractivity contribution < 1.29 is 13.9 Å². The minimum Gasteiger partial charge on any atom is -0.444 e. The van der Waals surface area contributed by atoms with Gasteiger partial charge in [-0.1, -0.05) is 31.5 Å². The first-order valence-corrected chi connectivity index (χ1v) is 7.75. The highest BCUT2D eigenvalue weighted by Crippen LogP contribution is 2.08. The summed E-state index contributed by atoms with van der Waals surface area (Å²) >= 11 is 0. The minimum atomic E-state index is -0.509. The van der Waals surface area contributed by atoms with Crippen molar-refractivity contribution in [3.05, 3.63) is 35.6 Å². The summed E-state index contributed by atoms with van der Waals surface area (Å²) in [5, 5.41) is 6.04. The maximum Gasteiger partial charge on any atom is 0.407 e. The Hall–Kier alpha value is -1.62. The summed E-state index contributed by atoms with van der Waals surface area (Å²) in [6.45, 7) is 8.45. The molecule has 0 saturated heterocycles. The van der Waals surface area contributed by atoms with E-state index in [1.54, 1.807) is 12.1 Å². The molecule has 0 bridgehead atoms. The Kier molecular flexibility index (Phi) is 7.32. The number of amides is 1. The Bertz CT molecular complexity index is 472. The molecule has 0 spiro atoms. The molecule has 5 heteroatoms. The van der Waals surface area contributed by atoms with Crippen molar-refractivity contribution in [1.29, 1.82) is 0 Å². The molecule has 1 atom stereocenters. The molecule has 0 heterocycles. The van der Waals surface area contributed by atoms with Gasteiger partial charge in [0.05, 0.1) is 0 Å². The van der Waals surface area contributed by atoms with Crippen molar-refractivity contribution in [1.82, 2.24) is 10.6 Å². The second kappa shape index (κ2) is 8.73. The number of carbonyl (C=O) groups is 1. The van der Waals surface area contributed by atoms with Crippen LogP contribution >= 0.6 is 0 Å². The van der Waals surface area contributed by atoms with E-state index in [1.165, 1.54) is 6.07 Å². The SMILES string of the molecule is CCCC(CNC(=O)OC(C)(C)C)NCc1ccccc1F. The zero-order valence-electron chi connectivity index (χ0n) is 13.9.